The SMILES string of the molecule is Cc1[nH]ncc1S(=O)(=O)Nc1cccc(NC(N)=O)c1. The van der Waals surface area contributed by atoms with Crippen LogP contribution in [0.4, 0.5) is 16.2 Å². The van der Waals surface area contributed by atoms with E-state index in [4.69, 9.17) is 5.73 Å². The summed E-state index contributed by atoms with van der Waals surface area (Å²) in [6.45, 7) is 1.60. The number of urea groups is 1. The first-order valence-corrected chi connectivity index (χ1v) is 7.06. The number of hydrogen-bond acceptors (Lipinski definition) is 4. The lowest BCUT2D eigenvalue weighted by molar-refractivity contribution is 0.259. The fourth-order valence-electron chi connectivity index (χ4n) is 1.62. The molecule has 0 radical (unpaired) electrons. The molecule has 0 saturated carbocycles. The number of carbonyl (C=O) groups is 1. The number of carbonyl (C=O) groups excluding carboxylic acids is 1. The van der Waals surface area contributed by atoms with Crippen molar-refractivity contribution in [2.45, 2.75) is 11.8 Å². The summed E-state index contributed by atoms with van der Waals surface area (Å²) < 4.78 is 26.7. The first-order chi connectivity index (χ1) is 9.38. The Balaban J connectivity index is 2.26. The van der Waals surface area contributed by atoms with E-state index in [1.165, 1.54) is 12.3 Å². The van der Waals surface area contributed by atoms with E-state index in [0.717, 1.165) is 0 Å². The fraction of sp³-hybridized carbons (Fsp3) is 0.0909. The topological polar surface area (TPSA) is 130 Å². The number of aryl methyl sites for hydroxylation is 1. The van der Waals surface area contributed by atoms with Crippen LogP contribution < -0.4 is 15.8 Å². The van der Waals surface area contributed by atoms with Crippen molar-refractivity contribution in [3.63, 3.8) is 0 Å². The summed E-state index contributed by atoms with van der Waals surface area (Å²) >= 11 is 0. The van der Waals surface area contributed by atoms with E-state index >= 15 is 0 Å². The maximum atomic E-state index is 12.1. The van der Waals surface area contributed by atoms with Gasteiger partial charge in [-0.3, -0.25) is 9.82 Å². The van der Waals surface area contributed by atoms with Crippen molar-refractivity contribution in [1.82, 2.24) is 10.2 Å². The van der Waals surface area contributed by atoms with Crippen molar-refractivity contribution in [1.29, 1.82) is 0 Å². The zero-order valence-electron chi connectivity index (χ0n) is 10.5. The molecule has 2 aromatic rings. The summed E-state index contributed by atoms with van der Waals surface area (Å²) in [5.41, 5.74) is 6.12. The number of primary amides is 1. The number of rotatable bonds is 4. The molecule has 1 heterocycles. The van der Waals surface area contributed by atoms with Gasteiger partial charge >= 0.3 is 6.03 Å². The minimum Gasteiger partial charge on any atom is -0.351 e. The van der Waals surface area contributed by atoms with Crippen molar-refractivity contribution in [2.24, 2.45) is 5.73 Å². The van der Waals surface area contributed by atoms with Crippen LogP contribution in [0.3, 0.4) is 0 Å². The van der Waals surface area contributed by atoms with Crippen LogP contribution in [0.25, 0.3) is 0 Å². The molecule has 5 N–H and O–H groups in total. The maximum absolute atomic E-state index is 12.1. The van der Waals surface area contributed by atoms with Gasteiger partial charge < -0.3 is 11.1 Å². The van der Waals surface area contributed by atoms with E-state index in [9.17, 15) is 13.2 Å². The molecule has 0 aliphatic heterocycles. The molecular formula is C11H13N5O3S. The maximum Gasteiger partial charge on any atom is 0.316 e. The molecular weight excluding hydrogens is 282 g/mol. The highest BCUT2D eigenvalue weighted by Crippen LogP contribution is 2.20. The van der Waals surface area contributed by atoms with Gasteiger partial charge in [-0.25, -0.2) is 13.2 Å². The average Bonchev–Trinajstić information content (AvgIpc) is 2.75. The molecule has 0 atom stereocenters. The van der Waals surface area contributed by atoms with E-state index in [2.05, 4.69) is 20.2 Å². The van der Waals surface area contributed by atoms with Crippen molar-refractivity contribution < 1.29 is 13.2 Å². The highest BCUT2D eigenvalue weighted by Gasteiger charge is 2.18. The van der Waals surface area contributed by atoms with Gasteiger partial charge in [0.05, 0.1) is 17.6 Å². The Morgan fingerprint density at radius 3 is 2.65 bits per heavy atom. The van der Waals surface area contributed by atoms with E-state index in [1.54, 1.807) is 25.1 Å². The zero-order chi connectivity index (χ0) is 14.8. The average molecular weight is 295 g/mol. The number of hydrogen-bond donors (Lipinski definition) is 4. The number of amides is 2. The molecule has 8 nitrogen and oxygen atoms in total. The summed E-state index contributed by atoms with van der Waals surface area (Å²) in [5.74, 6) is 0. The Bertz CT molecular complexity index is 738. The van der Waals surface area contributed by atoms with E-state index in [1.807, 2.05) is 0 Å². The van der Waals surface area contributed by atoms with Gasteiger partial charge in [0.15, 0.2) is 0 Å². The quantitative estimate of drug-likeness (QED) is 0.670. The standard InChI is InChI=1S/C11H13N5O3S/c1-7-10(6-13-15-7)20(18,19)16-9-4-2-3-8(5-9)14-11(12)17/h2-6,16H,1H3,(H,13,15)(H3,12,14,17). The molecule has 0 aliphatic carbocycles. The van der Waals surface area contributed by atoms with Gasteiger partial charge in [0.2, 0.25) is 0 Å². The van der Waals surface area contributed by atoms with E-state index in [0.29, 0.717) is 17.1 Å². The molecule has 0 bridgehead atoms. The third-order valence-electron chi connectivity index (χ3n) is 2.46. The van der Waals surface area contributed by atoms with E-state index in [-0.39, 0.29) is 4.90 Å². The zero-order valence-corrected chi connectivity index (χ0v) is 11.4. The fourth-order valence-corrected chi connectivity index (χ4v) is 2.81. The highest BCUT2D eigenvalue weighted by molar-refractivity contribution is 7.92. The Labute approximate surface area is 115 Å². The molecule has 1 aromatic heterocycles. The van der Waals surface area contributed by atoms with Gasteiger partial charge in [-0.2, -0.15) is 5.10 Å². The summed E-state index contributed by atoms with van der Waals surface area (Å²) in [4.78, 5) is 10.8. The molecule has 0 fully saturated rings. The minimum absolute atomic E-state index is 0.0609. The Kier molecular flexibility index (Phi) is 3.61. The van der Waals surface area contributed by atoms with Crippen LogP contribution in [-0.2, 0) is 10.0 Å². The van der Waals surface area contributed by atoms with Crippen LogP contribution in [0, 0.1) is 6.92 Å². The predicted octanol–water partition coefficient (Wildman–Crippen LogP) is 1.01. The van der Waals surface area contributed by atoms with Crippen LogP contribution >= 0.6 is 0 Å². The van der Waals surface area contributed by atoms with Gasteiger partial charge in [-0.05, 0) is 25.1 Å². The lowest BCUT2D eigenvalue weighted by Gasteiger charge is -2.09. The molecule has 0 spiro atoms. The smallest absolute Gasteiger partial charge is 0.316 e. The highest BCUT2D eigenvalue weighted by atomic mass is 32.2. The molecule has 0 saturated heterocycles. The van der Waals surface area contributed by atoms with Gasteiger partial charge in [0.1, 0.15) is 4.90 Å². The van der Waals surface area contributed by atoms with E-state index < -0.39 is 16.1 Å². The number of H-pyrrole nitrogens is 1. The second-order valence-electron chi connectivity index (χ2n) is 4.03. The molecule has 0 unspecified atom stereocenters. The van der Waals surface area contributed by atoms with Crippen LogP contribution in [0.2, 0.25) is 0 Å². The number of nitrogens with zero attached hydrogens (tertiary/aromatic N) is 1. The number of nitrogens with two attached hydrogens (primary N) is 1. The summed E-state index contributed by atoms with van der Waals surface area (Å²) in [6, 6.07) is 5.46. The Morgan fingerprint density at radius 1 is 1.35 bits per heavy atom. The lowest BCUT2D eigenvalue weighted by atomic mass is 10.3. The third-order valence-corrected chi connectivity index (χ3v) is 3.95. The Hall–Kier alpha value is -2.55. The number of benzene rings is 1. The molecule has 0 aliphatic rings. The van der Waals surface area contributed by atoms with Crippen LogP contribution in [0.1, 0.15) is 5.69 Å². The number of anilines is 2. The Morgan fingerprint density at radius 2 is 2.05 bits per heavy atom. The molecule has 106 valence electrons. The largest absolute Gasteiger partial charge is 0.351 e. The first kappa shape index (κ1) is 13.9. The second-order valence-corrected chi connectivity index (χ2v) is 5.69. The number of aromatic amines is 1. The number of aromatic nitrogens is 2. The summed E-state index contributed by atoms with van der Waals surface area (Å²) in [6.07, 6.45) is 1.23. The number of nitrogens with one attached hydrogen (secondary N) is 3. The molecule has 9 heteroatoms. The van der Waals surface area contributed by atoms with Gasteiger partial charge in [0.25, 0.3) is 10.0 Å². The minimum atomic E-state index is -3.73. The second kappa shape index (κ2) is 5.21. The number of sulfonamides is 1. The van der Waals surface area contributed by atoms with Gasteiger partial charge in [-0.1, -0.05) is 6.07 Å². The van der Waals surface area contributed by atoms with Crippen molar-refractivity contribution >= 4 is 27.4 Å². The van der Waals surface area contributed by atoms with Gasteiger partial charge in [-0.15, -0.1) is 0 Å². The first-order valence-electron chi connectivity index (χ1n) is 5.58. The molecule has 20 heavy (non-hydrogen) atoms. The molecule has 2 rings (SSSR count). The van der Waals surface area contributed by atoms with Gasteiger partial charge in [0, 0.05) is 5.69 Å². The van der Waals surface area contributed by atoms with Crippen LogP contribution in [0.15, 0.2) is 35.4 Å². The van der Waals surface area contributed by atoms with Crippen LogP contribution in [0.5, 0.6) is 0 Å². The third kappa shape index (κ3) is 3.06. The van der Waals surface area contributed by atoms with Crippen molar-refractivity contribution in [3.05, 3.63) is 36.2 Å². The normalized spacial score (nSPS) is 11.1. The predicted molar refractivity (Wildman–Crippen MR) is 73.8 cm³/mol. The molecule has 2 amide bonds. The molecule has 1 aromatic carbocycles. The van der Waals surface area contributed by atoms with Crippen molar-refractivity contribution in [3.8, 4) is 0 Å². The lowest BCUT2D eigenvalue weighted by Crippen LogP contribution is -2.19. The van der Waals surface area contributed by atoms with Crippen LogP contribution in [-0.4, -0.2) is 24.6 Å². The summed E-state index contributed by atoms with van der Waals surface area (Å²) in [7, 11) is -3.73. The van der Waals surface area contributed by atoms with Crippen molar-refractivity contribution in [2.75, 3.05) is 10.0 Å². The monoisotopic (exact) mass is 295 g/mol. The summed E-state index contributed by atoms with van der Waals surface area (Å²) in [5, 5.41) is 8.59.